The van der Waals surface area contributed by atoms with Gasteiger partial charge in [-0.15, -0.1) is 0 Å². The number of carbonyl (C=O) groups is 1. The van der Waals surface area contributed by atoms with Crippen LogP contribution in [0.25, 0.3) is 11.5 Å². The van der Waals surface area contributed by atoms with Crippen LogP contribution in [0.4, 0.5) is 0 Å². The number of hydrogen-bond donors (Lipinski definition) is 1. The van der Waals surface area contributed by atoms with E-state index < -0.39 is 0 Å². The zero-order valence-corrected chi connectivity index (χ0v) is 14.2. The second kappa shape index (κ2) is 7.27. The summed E-state index contributed by atoms with van der Waals surface area (Å²) >= 11 is 1.55. The molecule has 1 N–H and O–H groups in total. The van der Waals surface area contributed by atoms with Crippen molar-refractivity contribution in [2.45, 2.75) is 26.5 Å². The Kier molecular flexibility index (Phi) is 4.90. The minimum Gasteiger partial charge on any atom is -0.490 e. The topological polar surface area (TPSA) is 77.2 Å². The Morgan fingerprint density at radius 2 is 2.17 bits per heavy atom. The number of hydrogen-bond acceptors (Lipinski definition) is 6. The molecular formula is C17H17N3O3S. The first-order valence-corrected chi connectivity index (χ1v) is 8.47. The standard InChI is InChI=1S/C17H17N3O3S/c1-11(2)22-14-6-4-3-5-13(14)16(21)18-9-15-19-17(23-20-15)12-7-8-24-10-12/h3-8,10-11H,9H2,1-2H3,(H,18,21). The fourth-order valence-electron chi connectivity index (χ4n) is 2.09. The molecule has 0 spiro atoms. The molecule has 3 aromatic rings. The third kappa shape index (κ3) is 3.80. The summed E-state index contributed by atoms with van der Waals surface area (Å²) in [5, 5.41) is 10.5. The molecule has 0 saturated heterocycles. The van der Waals surface area contributed by atoms with Crippen molar-refractivity contribution in [2.24, 2.45) is 0 Å². The van der Waals surface area contributed by atoms with E-state index in [1.54, 1.807) is 29.5 Å². The van der Waals surface area contributed by atoms with Crippen LogP contribution in [-0.4, -0.2) is 22.2 Å². The van der Waals surface area contributed by atoms with Gasteiger partial charge in [-0.2, -0.15) is 16.3 Å². The number of ether oxygens (including phenoxy) is 1. The molecule has 7 heteroatoms. The van der Waals surface area contributed by atoms with Gasteiger partial charge in [-0.25, -0.2) is 0 Å². The summed E-state index contributed by atoms with van der Waals surface area (Å²) < 4.78 is 10.9. The minimum absolute atomic E-state index is 0.00988. The normalized spacial score (nSPS) is 10.8. The van der Waals surface area contributed by atoms with Crippen LogP contribution in [0.2, 0.25) is 0 Å². The highest BCUT2D eigenvalue weighted by Gasteiger charge is 2.15. The Morgan fingerprint density at radius 1 is 1.33 bits per heavy atom. The Balaban J connectivity index is 1.66. The maximum Gasteiger partial charge on any atom is 0.258 e. The van der Waals surface area contributed by atoms with Crippen molar-refractivity contribution in [1.82, 2.24) is 15.5 Å². The van der Waals surface area contributed by atoms with Crippen molar-refractivity contribution in [3.63, 3.8) is 0 Å². The molecular weight excluding hydrogens is 326 g/mol. The number of benzene rings is 1. The Labute approximate surface area is 143 Å². The van der Waals surface area contributed by atoms with E-state index in [0.29, 0.717) is 23.0 Å². The number of nitrogens with zero attached hydrogens (tertiary/aromatic N) is 2. The number of carbonyl (C=O) groups excluding carboxylic acids is 1. The second-order valence-electron chi connectivity index (χ2n) is 5.37. The van der Waals surface area contributed by atoms with Crippen molar-refractivity contribution >= 4 is 17.2 Å². The van der Waals surface area contributed by atoms with Crippen LogP contribution in [0.1, 0.15) is 30.0 Å². The summed E-state index contributed by atoms with van der Waals surface area (Å²) in [4.78, 5) is 16.7. The first-order valence-electron chi connectivity index (χ1n) is 7.52. The molecule has 2 aromatic heterocycles. The van der Waals surface area contributed by atoms with Crippen LogP contribution >= 0.6 is 11.3 Å². The van der Waals surface area contributed by atoms with Crippen LogP contribution in [0, 0.1) is 0 Å². The monoisotopic (exact) mass is 343 g/mol. The van der Waals surface area contributed by atoms with Crippen LogP contribution in [-0.2, 0) is 6.54 Å². The SMILES string of the molecule is CC(C)Oc1ccccc1C(=O)NCc1noc(-c2ccsc2)n1. The highest BCUT2D eigenvalue weighted by Crippen LogP contribution is 2.21. The second-order valence-corrected chi connectivity index (χ2v) is 6.15. The van der Waals surface area contributed by atoms with Crippen molar-refractivity contribution in [2.75, 3.05) is 0 Å². The summed E-state index contributed by atoms with van der Waals surface area (Å²) in [5.74, 6) is 1.18. The average Bonchev–Trinajstić information content (AvgIpc) is 3.24. The van der Waals surface area contributed by atoms with Gasteiger partial charge in [0, 0.05) is 5.38 Å². The third-order valence-electron chi connectivity index (χ3n) is 3.14. The van der Waals surface area contributed by atoms with Gasteiger partial charge in [0.2, 0.25) is 0 Å². The lowest BCUT2D eigenvalue weighted by molar-refractivity contribution is 0.0944. The van der Waals surface area contributed by atoms with E-state index in [0.717, 1.165) is 5.56 Å². The van der Waals surface area contributed by atoms with E-state index in [2.05, 4.69) is 15.5 Å². The van der Waals surface area contributed by atoms with Gasteiger partial charge in [-0.05, 0) is 37.4 Å². The van der Waals surface area contributed by atoms with Crippen LogP contribution in [0.3, 0.4) is 0 Å². The van der Waals surface area contributed by atoms with Crippen LogP contribution < -0.4 is 10.1 Å². The van der Waals surface area contributed by atoms with Gasteiger partial charge in [0.1, 0.15) is 5.75 Å². The fourth-order valence-corrected chi connectivity index (χ4v) is 2.72. The summed E-state index contributed by atoms with van der Waals surface area (Å²) in [7, 11) is 0. The Hall–Kier alpha value is -2.67. The maximum absolute atomic E-state index is 12.4. The fraction of sp³-hybridized carbons (Fsp3) is 0.235. The summed E-state index contributed by atoms with van der Waals surface area (Å²) in [5.41, 5.74) is 1.36. The van der Waals surface area contributed by atoms with Gasteiger partial charge in [0.15, 0.2) is 5.82 Å². The summed E-state index contributed by atoms with van der Waals surface area (Å²) in [6.45, 7) is 4.02. The van der Waals surface area contributed by atoms with Crippen molar-refractivity contribution in [1.29, 1.82) is 0 Å². The van der Waals surface area contributed by atoms with Gasteiger partial charge < -0.3 is 14.6 Å². The number of nitrogens with one attached hydrogen (secondary N) is 1. The molecule has 0 radical (unpaired) electrons. The number of amides is 1. The Morgan fingerprint density at radius 3 is 2.92 bits per heavy atom. The van der Waals surface area contributed by atoms with Gasteiger partial charge >= 0.3 is 0 Å². The molecule has 124 valence electrons. The minimum atomic E-state index is -0.242. The molecule has 0 fully saturated rings. The number of rotatable bonds is 6. The molecule has 1 aromatic carbocycles. The van der Waals surface area contributed by atoms with E-state index in [1.165, 1.54) is 0 Å². The van der Waals surface area contributed by atoms with Gasteiger partial charge in [-0.3, -0.25) is 4.79 Å². The lowest BCUT2D eigenvalue weighted by Gasteiger charge is -2.13. The summed E-state index contributed by atoms with van der Waals surface area (Å²) in [6, 6.07) is 9.03. The lowest BCUT2D eigenvalue weighted by atomic mass is 10.2. The molecule has 0 aliphatic carbocycles. The number of thiophene rings is 1. The zero-order valence-electron chi connectivity index (χ0n) is 13.4. The molecule has 6 nitrogen and oxygen atoms in total. The average molecular weight is 343 g/mol. The molecule has 3 rings (SSSR count). The summed E-state index contributed by atoms with van der Waals surface area (Å²) in [6.07, 6.45) is -0.00988. The molecule has 0 saturated carbocycles. The molecule has 0 bridgehead atoms. The van der Waals surface area contributed by atoms with E-state index >= 15 is 0 Å². The third-order valence-corrected chi connectivity index (χ3v) is 3.82. The van der Waals surface area contributed by atoms with E-state index in [1.807, 2.05) is 36.7 Å². The highest BCUT2D eigenvalue weighted by atomic mass is 32.1. The smallest absolute Gasteiger partial charge is 0.258 e. The molecule has 0 aliphatic heterocycles. The molecule has 0 unspecified atom stereocenters. The van der Waals surface area contributed by atoms with Gasteiger partial charge in [0.05, 0.1) is 23.8 Å². The molecule has 1 amide bonds. The molecule has 24 heavy (non-hydrogen) atoms. The predicted molar refractivity (Wildman–Crippen MR) is 91.0 cm³/mol. The largest absolute Gasteiger partial charge is 0.490 e. The van der Waals surface area contributed by atoms with Crippen LogP contribution in [0.5, 0.6) is 5.75 Å². The number of aromatic nitrogens is 2. The maximum atomic E-state index is 12.4. The van der Waals surface area contributed by atoms with E-state index in [-0.39, 0.29) is 18.6 Å². The predicted octanol–water partition coefficient (Wildman–Crippen LogP) is 3.52. The van der Waals surface area contributed by atoms with Crippen molar-refractivity contribution < 1.29 is 14.1 Å². The quantitative estimate of drug-likeness (QED) is 0.741. The lowest BCUT2D eigenvalue weighted by Crippen LogP contribution is -2.24. The molecule has 0 atom stereocenters. The van der Waals surface area contributed by atoms with Crippen molar-refractivity contribution in [3.8, 4) is 17.2 Å². The molecule has 2 heterocycles. The first-order chi connectivity index (χ1) is 11.6. The zero-order chi connectivity index (χ0) is 16.9. The molecule has 0 aliphatic rings. The highest BCUT2D eigenvalue weighted by molar-refractivity contribution is 7.08. The van der Waals surface area contributed by atoms with E-state index in [9.17, 15) is 4.79 Å². The van der Waals surface area contributed by atoms with E-state index in [4.69, 9.17) is 9.26 Å². The van der Waals surface area contributed by atoms with Crippen LogP contribution in [0.15, 0.2) is 45.6 Å². The van der Waals surface area contributed by atoms with Gasteiger partial charge in [-0.1, -0.05) is 17.3 Å². The Bertz CT molecular complexity index is 812. The van der Waals surface area contributed by atoms with Gasteiger partial charge in [0.25, 0.3) is 11.8 Å². The first kappa shape index (κ1) is 16.2. The van der Waals surface area contributed by atoms with Crippen molar-refractivity contribution in [3.05, 3.63) is 52.5 Å². The number of para-hydroxylation sites is 1.